The molecule has 1 aromatic heterocycles. The highest BCUT2D eigenvalue weighted by Gasteiger charge is 2.29. The number of nitrogens with one attached hydrogen (secondary N) is 2. The van der Waals surface area contributed by atoms with Gasteiger partial charge >= 0.3 is 0 Å². The van der Waals surface area contributed by atoms with Gasteiger partial charge in [0.1, 0.15) is 11.0 Å². The quantitative estimate of drug-likeness (QED) is 0.627. The molecule has 10 nitrogen and oxygen atoms in total. The van der Waals surface area contributed by atoms with Gasteiger partial charge in [-0.1, -0.05) is 31.3 Å². The molecule has 2 amide bonds. The number of ether oxygens (including phenoxy) is 1. The summed E-state index contributed by atoms with van der Waals surface area (Å²) in [7, 11) is -3.74. The number of anilines is 1. The number of hydrogen-bond donors (Lipinski definition) is 2. The monoisotopic (exact) mass is 467 g/mol. The molecule has 168 valence electrons. The van der Waals surface area contributed by atoms with Crippen molar-refractivity contribution in [3.8, 4) is 0 Å². The summed E-state index contributed by atoms with van der Waals surface area (Å²) in [6.45, 7) is 6.56. The molecule has 1 saturated heterocycles. The number of morpholine rings is 1. The zero-order chi connectivity index (χ0) is 22.6. The van der Waals surface area contributed by atoms with Gasteiger partial charge in [0.25, 0.3) is 5.91 Å². The van der Waals surface area contributed by atoms with E-state index in [1.165, 1.54) is 39.9 Å². The molecule has 1 atom stereocenters. The molecule has 0 radical (unpaired) electrons. The minimum Gasteiger partial charge on any atom is -0.379 e. The molecule has 0 bridgehead atoms. The number of aryl methyl sites for hydroxylation is 1. The van der Waals surface area contributed by atoms with Gasteiger partial charge in [-0.25, -0.2) is 8.42 Å². The number of hydrogen-bond acceptors (Lipinski definition) is 8. The number of carbonyl (C=O) groups is 2. The van der Waals surface area contributed by atoms with Crippen molar-refractivity contribution in [3.63, 3.8) is 0 Å². The van der Waals surface area contributed by atoms with E-state index < -0.39 is 27.9 Å². The molecular weight excluding hydrogens is 442 g/mol. The zero-order valence-corrected chi connectivity index (χ0v) is 19.1. The second kappa shape index (κ2) is 9.81. The fourth-order valence-corrected chi connectivity index (χ4v) is 5.07. The summed E-state index contributed by atoms with van der Waals surface area (Å²) >= 11 is 1.23. The first-order valence-electron chi connectivity index (χ1n) is 9.78. The highest BCUT2D eigenvalue weighted by Crippen LogP contribution is 2.19. The van der Waals surface area contributed by atoms with Gasteiger partial charge in [0.15, 0.2) is 0 Å². The molecule has 2 N–H and O–H groups in total. The molecule has 0 spiro atoms. The lowest BCUT2D eigenvalue weighted by Gasteiger charge is -2.26. The van der Waals surface area contributed by atoms with Crippen LogP contribution in [0.15, 0.2) is 29.2 Å². The third-order valence-corrected chi connectivity index (χ3v) is 7.34. The van der Waals surface area contributed by atoms with Crippen LogP contribution in [0.3, 0.4) is 0 Å². The van der Waals surface area contributed by atoms with Crippen LogP contribution in [0.5, 0.6) is 0 Å². The smallest absolute Gasteiger partial charge is 0.251 e. The van der Waals surface area contributed by atoms with Crippen LogP contribution in [0, 0.1) is 12.8 Å². The normalized spacial score (nSPS) is 16.1. The first-order chi connectivity index (χ1) is 14.7. The molecule has 0 saturated carbocycles. The van der Waals surface area contributed by atoms with Crippen LogP contribution in [0.25, 0.3) is 0 Å². The predicted molar refractivity (Wildman–Crippen MR) is 115 cm³/mol. The standard InChI is InChI=1S/C19H25N5O5S2/c1-12(2)16(18(26)21-19-23-22-13(3)30-19)20-17(25)14-5-4-6-15(11-14)31(27,28)24-7-9-29-10-8-24/h4-6,11-12,16H,7-10H2,1-3H3,(H,20,25)(H,21,23,26)/t16-/m0/s1. The van der Waals surface area contributed by atoms with Crippen LogP contribution in [0.4, 0.5) is 5.13 Å². The van der Waals surface area contributed by atoms with Crippen molar-refractivity contribution < 1.29 is 22.7 Å². The van der Waals surface area contributed by atoms with Crippen molar-refractivity contribution in [2.75, 3.05) is 31.6 Å². The topological polar surface area (TPSA) is 131 Å². The summed E-state index contributed by atoms with van der Waals surface area (Å²) in [5.41, 5.74) is 0.152. The Morgan fingerprint density at radius 2 is 1.90 bits per heavy atom. The molecule has 1 aliphatic rings. The zero-order valence-electron chi connectivity index (χ0n) is 17.5. The van der Waals surface area contributed by atoms with Crippen LogP contribution in [-0.4, -0.2) is 67.1 Å². The third-order valence-electron chi connectivity index (χ3n) is 4.70. The van der Waals surface area contributed by atoms with Gasteiger partial charge in [-0.2, -0.15) is 4.31 Å². The van der Waals surface area contributed by atoms with Gasteiger partial charge in [-0.15, -0.1) is 10.2 Å². The second-order valence-electron chi connectivity index (χ2n) is 7.35. The SMILES string of the molecule is Cc1nnc(NC(=O)[C@@H](NC(=O)c2cccc(S(=O)(=O)N3CCOCC3)c2)C(C)C)s1. The lowest BCUT2D eigenvalue weighted by Crippen LogP contribution is -2.47. The minimum absolute atomic E-state index is 0.0249. The second-order valence-corrected chi connectivity index (χ2v) is 10.5. The molecule has 2 heterocycles. The number of nitrogens with zero attached hydrogens (tertiary/aromatic N) is 3. The van der Waals surface area contributed by atoms with Crippen LogP contribution >= 0.6 is 11.3 Å². The van der Waals surface area contributed by atoms with Crippen LogP contribution in [0.2, 0.25) is 0 Å². The Hall–Kier alpha value is -2.41. The maximum absolute atomic E-state index is 12.9. The maximum atomic E-state index is 12.9. The van der Waals surface area contributed by atoms with Crippen molar-refractivity contribution in [3.05, 3.63) is 34.8 Å². The summed E-state index contributed by atoms with van der Waals surface area (Å²) in [5.74, 6) is -1.17. The van der Waals surface area contributed by atoms with Crippen LogP contribution < -0.4 is 10.6 Å². The largest absolute Gasteiger partial charge is 0.379 e. The van der Waals surface area contributed by atoms with E-state index in [-0.39, 0.29) is 29.5 Å². The Labute approximate surface area is 185 Å². The fraction of sp³-hybridized carbons (Fsp3) is 0.474. The summed E-state index contributed by atoms with van der Waals surface area (Å²) in [5, 5.41) is 14.1. The third kappa shape index (κ3) is 5.64. The average molecular weight is 468 g/mol. The summed E-state index contributed by atoms with van der Waals surface area (Å²) in [6, 6.07) is 4.96. The number of carbonyl (C=O) groups excluding carboxylic acids is 2. The van der Waals surface area contributed by atoms with Crippen molar-refractivity contribution in [1.29, 1.82) is 0 Å². The van der Waals surface area contributed by atoms with Gasteiger partial charge in [0, 0.05) is 18.7 Å². The minimum atomic E-state index is -3.74. The van der Waals surface area contributed by atoms with E-state index in [2.05, 4.69) is 20.8 Å². The van der Waals surface area contributed by atoms with Crippen molar-refractivity contribution in [1.82, 2.24) is 19.8 Å². The van der Waals surface area contributed by atoms with Gasteiger partial charge in [-0.05, 0) is 31.0 Å². The molecule has 31 heavy (non-hydrogen) atoms. The summed E-state index contributed by atoms with van der Waals surface area (Å²) < 4.78 is 32.3. The van der Waals surface area contributed by atoms with E-state index in [4.69, 9.17) is 4.74 Å². The van der Waals surface area contributed by atoms with E-state index in [1.807, 2.05) is 0 Å². The average Bonchev–Trinajstić information content (AvgIpc) is 3.16. The lowest BCUT2D eigenvalue weighted by molar-refractivity contribution is -0.118. The first-order valence-corrected chi connectivity index (χ1v) is 12.0. The Balaban J connectivity index is 1.75. The van der Waals surface area contributed by atoms with Crippen molar-refractivity contribution >= 4 is 38.3 Å². The maximum Gasteiger partial charge on any atom is 0.251 e. The molecule has 1 fully saturated rings. The van der Waals surface area contributed by atoms with E-state index in [9.17, 15) is 18.0 Å². The molecule has 12 heteroatoms. The van der Waals surface area contributed by atoms with Gasteiger partial charge in [0.2, 0.25) is 21.1 Å². The van der Waals surface area contributed by atoms with Crippen LogP contribution in [-0.2, 0) is 19.6 Å². The predicted octanol–water partition coefficient (Wildman–Crippen LogP) is 1.26. The molecule has 1 aliphatic heterocycles. The Morgan fingerprint density at radius 1 is 1.19 bits per heavy atom. The van der Waals surface area contributed by atoms with Crippen molar-refractivity contribution in [2.24, 2.45) is 5.92 Å². The molecule has 0 unspecified atom stereocenters. The number of benzene rings is 1. The first kappa shape index (κ1) is 23.3. The number of amides is 2. The van der Waals surface area contributed by atoms with Crippen molar-refractivity contribution in [2.45, 2.75) is 31.7 Å². The number of rotatable bonds is 7. The highest BCUT2D eigenvalue weighted by molar-refractivity contribution is 7.89. The molecule has 1 aromatic carbocycles. The fourth-order valence-electron chi connectivity index (χ4n) is 3.02. The Morgan fingerprint density at radius 3 is 2.52 bits per heavy atom. The van der Waals surface area contributed by atoms with Gasteiger partial charge in [-0.3, -0.25) is 14.9 Å². The summed E-state index contributed by atoms with van der Waals surface area (Å²) in [6.07, 6.45) is 0. The van der Waals surface area contributed by atoms with Gasteiger partial charge < -0.3 is 10.1 Å². The van der Waals surface area contributed by atoms with E-state index in [1.54, 1.807) is 20.8 Å². The van der Waals surface area contributed by atoms with Crippen LogP contribution in [0.1, 0.15) is 29.2 Å². The van der Waals surface area contributed by atoms with E-state index in [0.717, 1.165) is 0 Å². The lowest BCUT2D eigenvalue weighted by atomic mass is 10.0. The number of aromatic nitrogens is 2. The van der Waals surface area contributed by atoms with Gasteiger partial charge in [0.05, 0.1) is 18.1 Å². The Bertz CT molecular complexity index is 1050. The molecule has 3 rings (SSSR count). The highest BCUT2D eigenvalue weighted by atomic mass is 32.2. The summed E-state index contributed by atoms with van der Waals surface area (Å²) in [4.78, 5) is 25.5. The molecular formula is C19H25N5O5S2. The Kier molecular flexibility index (Phi) is 7.36. The number of sulfonamides is 1. The molecule has 0 aliphatic carbocycles. The molecule has 2 aromatic rings. The van der Waals surface area contributed by atoms with E-state index >= 15 is 0 Å². The van der Waals surface area contributed by atoms with E-state index in [0.29, 0.717) is 23.4 Å².